The fraction of sp³-hybridized carbons (Fsp3) is 0.318. The van der Waals surface area contributed by atoms with Crippen LogP contribution in [0.1, 0.15) is 18.9 Å². The zero-order chi connectivity index (χ0) is 21.7. The number of hydrogen-bond donors (Lipinski definition) is 1. The Morgan fingerprint density at radius 1 is 1.23 bits per heavy atom. The Morgan fingerprint density at radius 2 is 2.00 bits per heavy atom. The third-order valence-corrected chi connectivity index (χ3v) is 5.12. The number of amides is 2. The molecule has 0 radical (unpaired) electrons. The summed E-state index contributed by atoms with van der Waals surface area (Å²) in [5.74, 6) is -1.32. The van der Waals surface area contributed by atoms with Crippen molar-refractivity contribution >= 4 is 40.8 Å². The number of hydrogen-bond acceptors (Lipinski definition) is 5. The van der Waals surface area contributed by atoms with Crippen molar-refractivity contribution in [2.24, 2.45) is 5.92 Å². The summed E-state index contributed by atoms with van der Waals surface area (Å²) < 4.78 is 10.7. The van der Waals surface area contributed by atoms with Crippen LogP contribution in [0.5, 0.6) is 5.75 Å². The molecule has 7 nitrogen and oxygen atoms in total. The molecular weight excluding hydrogens is 408 g/mol. The van der Waals surface area contributed by atoms with Gasteiger partial charge in [0.05, 0.1) is 18.2 Å². The van der Waals surface area contributed by atoms with E-state index in [1.165, 1.54) is 4.90 Å². The molecule has 1 heterocycles. The van der Waals surface area contributed by atoms with E-state index >= 15 is 0 Å². The van der Waals surface area contributed by atoms with Crippen LogP contribution >= 0.6 is 11.6 Å². The zero-order valence-corrected chi connectivity index (χ0v) is 17.6. The predicted molar refractivity (Wildman–Crippen MR) is 114 cm³/mol. The maximum Gasteiger partial charge on any atom is 0.311 e. The van der Waals surface area contributed by atoms with E-state index < -0.39 is 24.4 Å². The fourth-order valence-electron chi connectivity index (χ4n) is 3.18. The molecule has 0 aliphatic carbocycles. The Balaban J connectivity index is 1.56. The van der Waals surface area contributed by atoms with E-state index in [0.717, 1.165) is 5.56 Å². The van der Waals surface area contributed by atoms with Gasteiger partial charge in [-0.3, -0.25) is 14.4 Å². The molecule has 2 amide bonds. The smallest absolute Gasteiger partial charge is 0.311 e. The van der Waals surface area contributed by atoms with Gasteiger partial charge >= 0.3 is 5.97 Å². The molecule has 1 atom stereocenters. The van der Waals surface area contributed by atoms with Gasteiger partial charge in [0.15, 0.2) is 6.61 Å². The summed E-state index contributed by atoms with van der Waals surface area (Å²) in [6.07, 6.45) is 0.0223. The molecule has 1 N–H and O–H groups in total. The average molecular weight is 431 g/mol. The second kappa shape index (κ2) is 9.63. The summed E-state index contributed by atoms with van der Waals surface area (Å²) in [5.41, 5.74) is 2.03. The monoisotopic (exact) mass is 430 g/mol. The number of carbonyl (C=O) groups is 3. The van der Waals surface area contributed by atoms with Crippen LogP contribution in [0.3, 0.4) is 0 Å². The van der Waals surface area contributed by atoms with Gasteiger partial charge < -0.3 is 19.7 Å². The lowest BCUT2D eigenvalue weighted by Gasteiger charge is -2.19. The predicted octanol–water partition coefficient (Wildman–Crippen LogP) is 3.58. The number of esters is 1. The molecule has 2 aromatic rings. The molecule has 0 bridgehead atoms. The van der Waals surface area contributed by atoms with Crippen molar-refractivity contribution in [3.8, 4) is 5.75 Å². The molecule has 2 aromatic carbocycles. The number of nitrogens with one attached hydrogen (secondary N) is 1. The minimum atomic E-state index is -0.645. The van der Waals surface area contributed by atoms with E-state index in [9.17, 15) is 14.4 Å². The number of aryl methyl sites for hydroxylation is 1. The van der Waals surface area contributed by atoms with Gasteiger partial charge in [-0.15, -0.1) is 0 Å². The highest BCUT2D eigenvalue weighted by Gasteiger charge is 2.37. The van der Waals surface area contributed by atoms with Crippen molar-refractivity contribution in [2.75, 3.05) is 30.0 Å². The first-order chi connectivity index (χ1) is 14.4. The topological polar surface area (TPSA) is 84.9 Å². The normalized spacial score (nSPS) is 15.8. The highest BCUT2D eigenvalue weighted by Crippen LogP contribution is 2.33. The van der Waals surface area contributed by atoms with Crippen LogP contribution in [0, 0.1) is 12.8 Å². The SMILES string of the molecule is CCOc1ccccc1N1C[C@@H](C(=O)OCC(=O)Nc2ccc(C)c(Cl)c2)CC1=O. The molecule has 1 aliphatic rings. The number of halogens is 1. The number of benzene rings is 2. The van der Waals surface area contributed by atoms with Gasteiger partial charge in [-0.25, -0.2) is 0 Å². The second-order valence-corrected chi connectivity index (χ2v) is 7.33. The van der Waals surface area contributed by atoms with E-state index in [0.29, 0.717) is 28.8 Å². The Hall–Kier alpha value is -3.06. The largest absolute Gasteiger partial charge is 0.492 e. The number of rotatable bonds is 7. The third-order valence-electron chi connectivity index (χ3n) is 4.72. The number of nitrogens with zero attached hydrogens (tertiary/aromatic N) is 1. The Labute approximate surface area is 179 Å². The lowest BCUT2D eigenvalue weighted by Crippen LogP contribution is -2.28. The van der Waals surface area contributed by atoms with Crippen molar-refractivity contribution < 1.29 is 23.9 Å². The highest BCUT2D eigenvalue weighted by molar-refractivity contribution is 6.31. The van der Waals surface area contributed by atoms with Crippen LogP contribution in [0.2, 0.25) is 5.02 Å². The molecule has 8 heteroatoms. The summed E-state index contributed by atoms with van der Waals surface area (Å²) >= 11 is 6.04. The van der Waals surface area contributed by atoms with Crippen molar-refractivity contribution in [1.82, 2.24) is 0 Å². The molecule has 1 saturated heterocycles. The fourth-order valence-corrected chi connectivity index (χ4v) is 3.36. The van der Waals surface area contributed by atoms with E-state index in [4.69, 9.17) is 21.1 Å². The summed E-state index contributed by atoms with van der Waals surface area (Å²) in [6.45, 7) is 3.92. The third kappa shape index (κ3) is 5.10. The molecule has 1 fully saturated rings. The van der Waals surface area contributed by atoms with Crippen molar-refractivity contribution in [3.63, 3.8) is 0 Å². The molecule has 30 heavy (non-hydrogen) atoms. The van der Waals surface area contributed by atoms with Crippen LogP contribution in [0.4, 0.5) is 11.4 Å². The molecule has 0 aromatic heterocycles. The first kappa shape index (κ1) is 21.6. The van der Waals surface area contributed by atoms with Gasteiger partial charge in [-0.05, 0) is 43.7 Å². The van der Waals surface area contributed by atoms with Gasteiger partial charge in [0.25, 0.3) is 5.91 Å². The minimum absolute atomic E-state index is 0.0223. The summed E-state index contributed by atoms with van der Waals surface area (Å²) in [7, 11) is 0. The van der Waals surface area contributed by atoms with Gasteiger partial charge in [-0.2, -0.15) is 0 Å². The maximum absolute atomic E-state index is 12.5. The second-order valence-electron chi connectivity index (χ2n) is 6.93. The van der Waals surface area contributed by atoms with Crippen molar-refractivity contribution in [2.45, 2.75) is 20.3 Å². The van der Waals surface area contributed by atoms with Gasteiger partial charge in [0.1, 0.15) is 5.75 Å². The quantitative estimate of drug-likeness (QED) is 0.678. The van der Waals surface area contributed by atoms with Gasteiger partial charge in [0.2, 0.25) is 5.91 Å². The first-order valence-corrected chi connectivity index (χ1v) is 10.0. The summed E-state index contributed by atoms with van der Waals surface area (Å²) in [4.78, 5) is 38.4. The molecule has 158 valence electrons. The van der Waals surface area contributed by atoms with Gasteiger partial charge in [-0.1, -0.05) is 29.8 Å². The van der Waals surface area contributed by atoms with Gasteiger partial charge in [0, 0.05) is 23.7 Å². The Kier molecular flexibility index (Phi) is 6.95. The van der Waals surface area contributed by atoms with Crippen LogP contribution < -0.4 is 15.0 Å². The van der Waals surface area contributed by atoms with Crippen LogP contribution in [0.15, 0.2) is 42.5 Å². The van der Waals surface area contributed by atoms with Crippen LogP contribution in [-0.2, 0) is 19.1 Å². The zero-order valence-electron chi connectivity index (χ0n) is 16.8. The van der Waals surface area contributed by atoms with E-state index in [-0.39, 0.29) is 18.9 Å². The summed E-state index contributed by atoms with van der Waals surface area (Å²) in [6, 6.07) is 12.3. The lowest BCUT2D eigenvalue weighted by molar-refractivity contribution is -0.151. The number of carbonyl (C=O) groups excluding carboxylic acids is 3. The molecule has 3 rings (SSSR count). The molecule has 0 spiro atoms. The molecule has 1 aliphatic heterocycles. The highest BCUT2D eigenvalue weighted by atomic mass is 35.5. The number of para-hydroxylation sites is 2. The lowest BCUT2D eigenvalue weighted by atomic mass is 10.1. The van der Waals surface area contributed by atoms with Crippen LogP contribution in [0.25, 0.3) is 0 Å². The minimum Gasteiger partial charge on any atom is -0.492 e. The number of ether oxygens (including phenoxy) is 2. The standard InChI is InChI=1S/C22H23ClN2O5/c1-3-29-19-7-5-4-6-18(19)25-12-15(10-21(25)27)22(28)30-13-20(26)24-16-9-8-14(2)17(23)11-16/h4-9,11,15H,3,10,12-13H2,1-2H3,(H,24,26)/t15-/m0/s1. The van der Waals surface area contributed by atoms with Crippen LogP contribution in [-0.4, -0.2) is 37.5 Å². The molecule has 0 unspecified atom stereocenters. The average Bonchev–Trinajstić information content (AvgIpc) is 3.11. The number of anilines is 2. The molecular formula is C22H23ClN2O5. The van der Waals surface area contributed by atoms with Crippen molar-refractivity contribution in [3.05, 3.63) is 53.1 Å². The summed E-state index contributed by atoms with van der Waals surface area (Å²) in [5, 5.41) is 3.16. The van der Waals surface area contributed by atoms with E-state index in [1.807, 2.05) is 19.9 Å². The Bertz CT molecular complexity index is 962. The van der Waals surface area contributed by atoms with E-state index in [2.05, 4.69) is 5.32 Å². The van der Waals surface area contributed by atoms with E-state index in [1.54, 1.807) is 36.4 Å². The Morgan fingerprint density at radius 3 is 2.73 bits per heavy atom. The molecule has 0 saturated carbocycles. The maximum atomic E-state index is 12.5. The van der Waals surface area contributed by atoms with Crippen molar-refractivity contribution in [1.29, 1.82) is 0 Å². The first-order valence-electron chi connectivity index (χ1n) is 9.64.